The highest BCUT2D eigenvalue weighted by Crippen LogP contribution is 2.20. The Labute approximate surface area is 110 Å². The van der Waals surface area contributed by atoms with Crippen molar-refractivity contribution in [3.8, 4) is 0 Å². The van der Waals surface area contributed by atoms with E-state index in [0.717, 1.165) is 18.2 Å². The molecular formula is C13H16F2N2O2. The van der Waals surface area contributed by atoms with Crippen molar-refractivity contribution in [3.05, 3.63) is 29.8 Å². The van der Waals surface area contributed by atoms with Gasteiger partial charge in [0.05, 0.1) is 12.1 Å². The van der Waals surface area contributed by atoms with Crippen LogP contribution in [0.2, 0.25) is 0 Å². The standard InChI is InChI=1S/C13H16F2N2O2/c1-13(19)2-3-17(8-13)7-12(18)16-11-5-9(14)4-10(15)6-11/h4-6,19H,2-3,7-8H2,1H3,(H,16,18). The summed E-state index contributed by atoms with van der Waals surface area (Å²) in [4.78, 5) is 13.5. The Bertz CT molecular complexity index is 471. The molecule has 1 heterocycles. The van der Waals surface area contributed by atoms with E-state index < -0.39 is 17.2 Å². The molecule has 1 fully saturated rings. The van der Waals surface area contributed by atoms with Crippen molar-refractivity contribution in [1.29, 1.82) is 0 Å². The highest BCUT2D eigenvalue weighted by Gasteiger charge is 2.31. The van der Waals surface area contributed by atoms with Crippen molar-refractivity contribution in [2.24, 2.45) is 0 Å². The van der Waals surface area contributed by atoms with Crippen LogP contribution in [0.25, 0.3) is 0 Å². The number of hydrogen-bond donors (Lipinski definition) is 2. The number of halogens is 2. The number of benzene rings is 1. The normalized spacial score (nSPS) is 23.6. The summed E-state index contributed by atoms with van der Waals surface area (Å²) >= 11 is 0. The van der Waals surface area contributed by atoms with Crippen molar-refractivity contribution in [2.45, 2.75) is 18.9 Å². The SMILES string of the molecule is CC1(O)CCN(CC(=O)Nc2cc(F)cc(F)c2)C1. The maximum Gasteiger partial charge on any atom is 0.238 e. The third-order valence-electron chi connectivity index (χ3n) is 3.04. The fourth-order valence-corrected chi connectivity index (χ4v) is 2.20. The number of nitrogens with one attached hydrogen (secondary N) is 1. The van der Waals surface area contributed by atoms with Crippen molar-refractivity contribution in [2.75, 3.05) is 25.0 Å². The smallest absolute Gasteiger partial charge is 0.238 e. The van der Waals surface area contributed by atoms with Gasteiger partial charge in [-0.2, -0.15) is 0 Å². The number of carbonyl (C=O) groups is 1. The summed E-state index contributed by atoms with van der Waals surface area (Å²) in [6.45, 7) is 2.84. The first-order chi connectivity index (χ1) is 8.84. The number of anilines is 1. The van der Waals surface area contributed by atoms with Gasteiger partial charge in [-0.15, -0.1) is 0 Å². The van der Waals surface area contributed by atoms with Crippen LogP contribution < -0.4 is 5.32 Å². The van der Waals surface area contributed by atoms with Gasteiger partial charge >= 0.3 is 0 Å². The average molecular weight is 270 g/mol. The molecule has 1 aromatic rings. The predicted molar refractivity (Wildman–Crippen MR) is 66.7 cm³/mol. The second kappa shape index (κ2) is 5.22. The molecule has 2 rings (SSSR count). The topological polar surface area (TPSA) is 52.6 Å². The summed E-state index contributed by atoms with van der Waals surface area (Å²) in [6.07, 6.45) is 0.606. The van der Waals surface area contributed by atoms with Gasteiger partial charge in [0.1, 0.15) is 11.6 Å². The first-order valence-electron chi connectivity index (χ1n) is 6.05. The highest BCUT2D eigenvalue weighted by atomic mass is 19.1. The molecule has 4 nitrogen and oxygen atoms in total. The second-order valence-corrected chi connectivity index (χ2v) is 5.16. The molecule has 0 aliphatic carbocycles. The van der Waals surface area contributed by atoms with E-state index in [4.69, 9.17) is 0 Å². The fourth-order valence-electron chi connectivity index (χ4n) is 2.20. The number of carbonyl (C=O) groups excluding carboxylic acids is 1. The molecule has 1 atom stereocenters. The predicted octanol–water partition coefficient (Wildman–Crippen LogP) is 1.36. The van der Waals surface area contributed by atoms with E-state index >= 15 is 0 Å². The van der Waals surface area contributed by atoms with Crippen LogP contribution in [-0.4, -0.2) is 41.1 Å². The summed E-state index contributed by atoms with van der Waals surface area (Å²) in [5.74, 6) is -1.83. The van der Waals surface area contributed by atoms with Crippen LogP contribution in [-0.2, 0) is 4.79 Å². The summed E-state index contributed by atoms with van der Waals surface area (Å²) < 4.78 is 25.9. The van der Waals surface area contributed by atoms with E-state index in [1.807, 2.05) is 0 Å². The zero-order chi connectivity index (χ0) is 14.0. The van der Waals surface area contributed by atoms with Gasteiger partial charge in [0, 0.05) is 24.8 Å². The molecule has 0 saturated carbocycles. The lowest BCUT2D eigenvalue weighted by molar-refractivity contribution is -0.117. The van der Waals surface area contributed by atoms with Gasteiger partial charge in [0.25, 0.3) is 0 Å². The van der Waals surface area contributed by atoms with E-state index in [0.29, 0.717) is 19.5 Å². The fraction of sp³-hybridized carbons (Fsp3) is 0.462. The van der Waals surface area contributed by atoms with Crippen LogP contribution in [0.15, 0.2) is 18.2 Å². The van der Waals surface area contributed by atoms with Crippen LogP contribution in [0.4, 0.5) is 14.5 Å². The molecule has 0 radical (unpaired) electrons. The van der Waals surface area contributed by atoms with Crippen molar-refractivity contribution in [3.63, 3.8) is 0 Å². The Hall–Kier alpha value is -1.53. The zero-order valence-corrected chi connectivity index (χ0v) is 10.6. The summed E-state index contributed by atoms with van der Waals surface area (Å²) in [6, 6.07) is 2.86. The van der Waals surface area contributed by atoms with Crippen LogP contribution in [0.5, 0.6) is 0 Å². The largest absolute Gasteiger partial charge is 0.389 e. The Morgan fingerprint density at radius 1 is 1.42 bits per heavy atom. The van der Waals surface area contributed by atoms with Gasteiger partial charge in [-0.1, -0.05) is 0 Å². The van der Waals surface area contributed by atoms with Gasteiger partial charge in [-0.05, 0) is 25.5 Å². The third kappa shape index (κ3) is 3.97. The zero-order valence-electron chi connectivity index (χ0n) is 10.6. The van der Waals surface area contributed by atoms with Gasteiger partial charge in [0.2, 0.25) is 5.91 Å². The minimum Gasteiger partial charge on any atom is -0.389 e. The Balaban J connectivity index is 1.91. The molecule has 1 aliphatic heterocycles. The number of nitrogens with zero attached hydrogens (tertiary/aromatic N) is 1. The summed E-state index contributed by atoms with van der Waals surface area (Å²) in [5, 5.41) is 12.2. The van der Waals surface area contributed by atoms with E-state index in [9.17, 15) is 18.7 Å². The van der Waals surface area contributed by atoms with Crippen LogP contribution in [0.3, 0.4) is 0 Å². The molecule has 1 unspecified atom stereocenters. The van der Waals surface area contributed by atoms with E-state index in [2.05, 4.69) is 5.32 Å². The molecule has 1 amide bonds. The Morgan fingerprint density at radius 2 is 2.05 bits per heavy atom. The lowest BCUT2D eigenvalue weighted by Gasteiger charge is -2.18. The molecule has 19 heavy (non-hydrogen) atoms. The van der Waals surface area contributed by atoms with E-state index in [-0.39, 0.29) is 18.1 Å². The molecular weight excluding hydrogens is 254 g/mol. The average Bonchev–Trinajstić information content (AvgIpc) is 2.55. The Morgan fingerprint density at radius 3 is 2.58 bits per heavy atom. The molecule has 0 spiro atoms. The minimum absolute atomic E-state index is 0.0912. The monoisotopic (exact) mass is 270 g/mol. The molecule has 2 N–H and O–H groups in total. The molecule has 1 aliphatic rings. The first kappa shape index (κ1) is 13.9. The number of aliphatic hydroxyl groups is 1. The molecule has 104 valence electrons. The molecule has 0 bridgehead atoms. The molecule has 0 aromatic heterocycles. The highest BCUT2D eigenvalue weighted by molar-refractivity contribution is 5.92. The van der Waals surface area contributed by atoms with Crippen LogP contribution in [0, 0.1) is 11.6 Å². The van der Waals surface area contributed by atoms with Crippen molar-refractivity contribution >= 4 is 11.6 Å². The molecule has 6 heteroatoms. The van der Waals surface area contributed by atoms with Crippen LogP contribution >= 0.6 is 0 Å². The Kier molecular flexibility index (Phi) is 3.82. The quantitative estimate of drug-likeness (QED) is 0.872. The third-order valence-corrected chi connectivity index (χ3v) is 3.04. The van der Waals surface area contributed by atoms with Gasteiger partial charge in [0.15, 0.2) is 0 Å². The number of β-amino-alcohol motifs (C(OH)–C–C–N with tert-alkyl or cyclic N) is 1. The van der Waals surface area contributed by atoms with Gasteiger partial charge in [-0.3, -0.25) is 9.69 Å². The molecule has 1 aromatic carbocycles. The second-order valence-electron chi connectivity index (χ2n) is 5.16. The van der Waals surface area contributed by atoms with Crippen molar-refractivity contribution < 1.29 is 18.7 Å². The van der Waals surface area contributed by atoms with E-state index in [1.165, 1.54) is 0 Å². The van der Waals surface area contributed by atoms with Gasteiger partial charge in [-0.25, -0.2) is 8.78 Å². The van der Waals surface area contributed by atoms with Gasteiger partial charge < -0.3 is 10.4 Å². The minimum atomic E-state index is -0.773. The van der Waals surface area contributed by atoms with Crippen molar-refractivity contribution in [1.82, 2.24) is 4.90 Å². The number of hydrogen-bond acceptors (Lipinski definition) is 3. The molecule has 1 saturated heterocycles. The van der Waals surface area contributed by atoms with E-state index in [1.54, 1.807) is 11.8 Å². The summed E-state index contributed by atoms with van der Waals surface area (Å²) in [5.41, 5.74) is -0.681. The first-order valence-corrected chi connectivity index (χ1v) is 6.05. The maximum atomic E-state index is 13.0. The lowest BCUT2D eigenvalue weighted by atomic mass is 10.1. The number of amides is 1. The number of likely N-dealkylation sites (tertiary alicyclic amines) is 1. The lowest BCUT2D eigenvalue weighted by Crippen LogP contribution is -2.35. The maximum absolute atomic E-state index is 13.0. The van der Waals surface area contributed by atoms with Crippen LogP contribution in [0.1, 0.15) is 13.3 Å². The number of rotatable bonds is 3. The summed E-state index contributed by atoms with van der Waals surface area (Å²) in [7, 11) is 0.